The fraction of sp³-hybridized carbons (Fsp3) is 0.867. The molecule has 2 aliphatic rings. The second-order valence-electron chi connectivity index (χ2n) is 6.42. The lowest BCUT2D eigenvalue weighted by Gasteiger charge is -2.20. The number of rotatable bonds is 5. The van der Waals surface area contributed by atoms with Crippen molar-refractivity contribution in [2.24, 2.45) is 5.73 Å². The molecule has 4 nitrogen and oxygen atoms in total. The largest absolute Gasteiger partial charge is 0.339 e. The Morgan fingerprint density at radius 3 is 2.65 bits per heavy atom. The molecule has 0 atom stereocenters. The first-order valence-corrected chi connectivity index (χ1v) is 9.00. The van der Waals surface area contributed by atoms with Crippen LogP contribution in [0.3, 0.4) is 0 Å². The molecule has 0 saturated heterocycles. The van der Waals surface area contributed by atoms with Gasteiger partial charge >= 0.3 is 0 Å². The van der Waals surface area contributed by atoms with E-state index in [4.69, 9.17) is 10.3 Å². The molecule has 2 N–H and O–H groups in total. The van der Waals surface area contributed by atoms with E-state index in [1.807, 2.05) is 11.8 Å². The Morgan fingerprint density at radius 1 is 1.15 bits per heavy atom. The molecule has 0 bridgehead atoms. The number of aromatic nitrogens is 2. The van der Waals surface area contributed by atoms with Crippen molar-refractivity contribution in [2.45, 2.75) is 80.7 Å². The first-order chi connectivity index (χ1) is 9.73. The normalized spacial score (nSPS) is 23.2. The molecule has 1 heterocycles. The van der Waals surface area contributed by atoms with Gasteiger partial charge in [0.15, 0.2) is 5.82 Å². The van der Waals surface area contributed by atoms with Crippen molar-refractivity contribution in [3.63, 3.8) is 0 Å². The Hall–Kier alpha value is -0.550. The van der Waals surface area contributed by atoms with Crippen molar-refractivity contribution >= 4 is 11.8 Å². The zero-order valence-electron chi connectivity index (χ0n) is 12.1. The van der Waals surface area contributed by atoms with Crippen LogP contribution in [0.15, 0.2) is 4.52 Å². The molecule has 5 heteroatoms. The summed E-state index contributed by atoms with van der Waals surface area (Å²) in [4.78, 5) is 4.52. The van der Waals surface area contributed by atoms with Gasteiger partial charge in [0, 0.05) is 17.2 Å². The van der Waals surface area contributed by atoms with E-state index >= 15 is 0 Å². The summed E-state index contributed by atoms with van der Waals surface area (Å²) in [5.74, 6) is 2.46. The van der Waals surface area contributed by atoms with Gasteiger partial charge in [0.25, 0.3) is 0 Å². The second-order valence-corrected chi connectivity index (χ2v) is 7.71. The molecule has 2 fully saturated rings. The first kappa shape index (κ1) is 14.4. The van der Waals surface area contributed by atoms with Crippen molar-refractivity contribution < 1.29 is 4.52 Å². The summed E-state index contributed by atoms with van der Waals surface area (Å²) in [7, 11) is 0. The molecule has 20 heavy (non-hydrogen) atoms. The minimum Gasteiger partial charge on any atom is -0.339 e. The molecule has 1 aromatic rings. The average molecular weight is 295 g/mol. The molecule has 0 radical (unpaired) electrons. The van der Waals surface area contributed by atoms with E-state index in [0.717, 1.165) is 42.0 Å². The molecule has 0 aliphatic heterocycles. The molecule has 3 rings (SSSR count). The average Bonchev–Trinajstić information content (AvgIpc) is 3.07. The smallest absolute Gasteiger partial charge is 0.228 e. The lowest BCUT2D eigenvalue weighted by molar-refractivity contribution is 0.327. The number of nitrogens with zero attached hydrogens (tertiary/aromatic N) is 2. The van der Waals surface area contributed by atoms with Crippen LogP contribution in [0.4, 0.5) is 0 Å². The van der Waals surface area contributed by atoms with E-state index in [2.05, 4.69) is 10.1 Å². The highest BCUT2D eigenvalue weighted by Gasteiger charge is 2.31. The SMILES string of the molecule is NC1(Cc2nc(CSC3CCCCC3)no2)CCCC1. The third-order valence-corrected chi connectivity index (χ3v) is 5.98. The number of thioether (sulfide) groups is 1. The summed E-state index contributed by atoms with van der Waals surface area (Å²) >= 11 is 1.99. The van der Waals surface area contributed by atoms with Crippen molar-refractivity contribution in [1.82, 2.24) is 10.1 Å². The van der Waals surface area contributed by atoms with Gasteiger partial charge in [-0.1, -0.05) is 37.3 Å². The molecule has 0 unspecified atom stereocenters. The standard InChI is InChI=1S/C15H25N3OS/c16-15(8-4-5-9-15)10-14-17-13(18-19-14)11-20-12-6-2-1-3-7-12/h12H,1-11,16H2. The van der Waals surface area contributed by atoms with Gasteiger partial charge in [-0.2, -0.15) is 16.7 Å². The maximum absolute atomic E-state index is 6.36. The maximum Gasteiger partial charge on any atom is 0.228 e. The van der Waals surface area contributed by atoms with E-state index < -0.39 is 0 Å². The van der Waals surface area contributed by atoms with Crippen molar-refractivity contribution in [3.05, 3.63) is 11.7 Å². The minimum absolute atomic E-state index is 0.0969. The Balaban J connectivity index is 1.48. The van der Waals surface area contributed by atoms with Gasteiger partial charge in [0.2, 0.25) is 5.89 Å². The van der Waals surface area contributed by atoms with Gasteiger partial charge < -0.3 is 10.3 Å². The highest BCUT2D eigenvalue weighted by Crippen LogP contribution is 2.31. The van der Waals surface area contributed by atoms with Gasteiger partial charge in [-0.25, -0.2) is 0 Å². The zero-order valence-corrected chi connectivity index (χ0v) is 13.0. The van der Waals surface area contributed by atoms with Crippen LogP contribution in [0.25, 0.3) is 0 Å². The van der Waals surface area contributed by atoms with Crippen LogP contribution >= 0.6 is 11.8 Å². The molecule has 112 valence electrons. The Kier molecular flexibility index (Phi) is 4.66. The van der Waals surface area contributed by atoms with E-state index in [1.165, 1.54) is 44.9 Å². The van der Waals surface area contributed by atoms with Crippen LogP contribution in [0.2, 0.25) is 0 Å². The van der Waals surface area contributed by atoms with Crippen LogP contribution in [-0.2, 0) is 12.2 Å². The van der Waals surface area contributed by atoms with Crippen LogP contribution in [0.5, 0.6) is 0 Å². The van der Waals surface area contributed by atoms with Crippen LogP contribution in [0.1, 0.15) is 69.5 Å². The molecule has 0 spiro atoms. The Bertz CT molecular complexity index is 423. The summed E-state index contributed by atoms with van der Waals surface area (Å²) in [6, 6.07) is 0. The van der Waals surface area contributed by atoms with Crippen LogP contribution < -0.4 is 5.73 Å². The molecule has 0 aromatic carbocycles. The first-order valence-electron chi connectivity index (χ1n) is 7.95. The molecular weight excluding hydrogens is 270 g/mol. The summed E-state index contributed by atoms with van der Waals surface area (Å²) in [6.07, 6.45) is 12.2. The minimum atomic E-state index is -0.0969. The lowest BCUT2D eigenvalue weighted by atomic mass is 9.95. The maximum atomic E-state index is 6.36. The molecule has 2 aliphatic carbocycles. The Morgan fingerprint density at radius 2 is 1.90 bits per heavy atom. The van der Waals surface area contributed by atoms with E-state index in [1.54, 1.807) is 0 Å². The summed E-state index contributed by atoms with van der Waals surface area (Å²) in [6.45, 7) is 0. The van der Waals surface area contributed by atoms with E-state index in [0.29, 0.717) is 0 Å². The van der Waals surface area contributed by atoms with Gasteiger partial charge in [0.1, 0.15) is 0 Å². The van der Waals surface area contributed by atoms with Crippen LogP contribution in [-0.4, -0.2) is 20.9 Å². The number of hydrogen-bond acceptors (Lipinski definition) is 5. The monoisotopic (exact) mass is 295 g/mol. The zero-order chi connectivity index (χ0) is 13.8. The molecular formula is C15H25N3OS. The van der Waals surface area contributed by atoms with Gasteiger partial charge in [-0.15, -0.1) is 0 Å². The third kappa shape index (κ3) is 3.76. The van der Waals surface area contributed by atoms with Crippen LogP contribution in [0, 0.1) is 0 Å². The topological polar surface area (TPSA) is 64.9 Å². The Labute approximate surface area is 125 Å². The van der Waals surface area contributed by atoms with Gasteiger partial charge in [-0.3, -0.25) is 0 Å². The second kappa shape index (κ2) is 6.48. The lowest BCUT2D eigenvalue weighted by Crippen LogP contribution is -2.38. The molecule has 2 saturated carbocycles. The van der Waals surface area contributed by atoms with Crippen molar-refractivity contribution in [2.75, 3.05) is 0 Å². The fourth-order valence-electron chi connectivity index (χ4n) is 3.40. The van der Waals surface area contributed by atoms with Crippen molar-refractivity contribution in [1.29, 1.82) is 0 Å². The molecule has 1 aromatic heterocycles. The van der Waals surface area contributed by atoms with Gasteiger partial charge in [0.05, 0.1) is 5.75 Å². The van der Waals surface area contributed by atoms with Crippen molar-refractivity contribution in [3.8, 4) is 0 Å². The highest BCUT2D eigenvalue weighted by molar-refractivity contribution is 7.99. The summed E-state index contributed by atoms with van der Waals surface area (Å²) < 4.78 is 5.38. The summed E-state index contributed by atoms with van der Waals surface area (Å²) in [5, 5.41) is 4.90. The number of hydrogen-bond donors (Lipinski definition) is 1. The molecule has 0 amide bonds. The summed E-state index contributed by atoms with van der Waals surface area (Å²) in [5.41, 5.74) is 6.26. The van der Waals surface area contributed by atoms with E-state index in [-0.39, 0.29) is 5.54 Å². The highest BCUT2D eigenvalue weighted by atomic mass is 32.2. The predicted molar refractivity (Wildman–Crippen MR) is 81.6 cm³/mol. The van der Waals surface area contributed by atoms with E-state index in [9.17, 15) is 0 Å². The fourth-order valence-corrected chi connectivity index (χ4v) is 4.57. The third-order valence-electron chi connectivity index (χ3n) is 4.61. The predicted octanol–water partition coefficient (Wildman–Crippen LogP) is 3.45. The number of nitrogens with two attached hydrogens (primary N) is 1. The quantitative estimate of drug-likeness (QED) is 0.901. The van der Waals surface area contributed by atoms with Gasteiger partial charge in [-0.05, 0) is 25.7 Å².